The van der Waals surface area contributed by atoms with E-state index in [1.807, 2.05) is 0 Å². The molecule has 0 aromatic rings. The fraction of sp³-hybridized carbons (Fsp3) is 1.00. The van der Waals surface area contributed by atoms with Gasteiger partial charge in [-0.05, 0) is 25.7 Å². The van der Waals surface area contributed by atoms with Gasteiger partial charge >= 0.3 is 0 Å². The van der Waals surface area contributed by atoms with Crippen LogP contribution < -0.4 is 0 Å². The molecular weight excluding hydrogens is 256 g/mol. The lowest BCUT2D eigenvalue weighted by Crippen LogP contribution is -2.02. The predicted molar refractivity (Wildman–Crippen MR) is 83.2 cm³/mol. The Balaban J connectivity index is 0. The molecule has 0 rings (SSSR count). The fourth-order valence-electron chi connectivity index (χ4n) is 1.86. The molecule has 0 aromatic carbocycles. The van der Waals surface area contributed by atoms with E-state index in [4.69, 9.17) is 20.4 Å². The summed E-state index contributed by atoms with van der Waals surface area (Å²) < 4.78 is 0. The van der Waals surface area contributed by atoms with Gasteiger partial charge in [0.1, 0.15) is 0 Å². The monoisotopic (exact) mass is 292 g/mol. The first-order chi connectivity index (χ1) is 9.54. The Kier molecular flexibility index (Phi) is 20.8. The van der Waals surface area contributed by atoms with E-state index in [1.54, 1.807) is 0 Å². The Morgan fingerprint density at radius 2 is 0.800 bits per heavy atom. The molecule has 0 aromatic heterocycles. The van der Waals surface area contributed by atoms with Crippen molar-refractivity contribution in [2.45, 2.75) is 103 Å². The third kappa shape index (κ3) is 26.4. The van der Waals surface area contributed by atoms with Gasteiger partial charge in [0.05, 0.1) is 0 Å². The molecule has 20 heavy (non-hydrogen) atoms. The van der Waals surface area contributed by atoms with Crippen molar-refractivity contribution in [3.05, 3.63) is 0 Å². The van der Waals surface area contributed by atoms with Crippen LogP contribution in [0.25, 0.3) is 0 Å². The van der Waals surface area contributed by atoms with Gasteiger partial charge in [-0.1, -0.05) is 65.2 Å². The lowest BCUT2D eigenvalue weighted by atomic mass is 10.1. The molecule has 0 aliphatic heterocycles. The van der Waals surface area contributed by atoms with Gasteiger partial charge in [-0.3, -0.25) is 0 Å². The average molecular weight is 292 g/mol. The first kappa shape index (κ1) is 22.1. The van der Waals surface area contributed by atoms with E-state index in [1.165, 1.54) is 38.5 Å². The Bertz CT molecular complexity index is 143. The van der Waals surface area contributed by atoms with Crippen molar-refractivity contribution < 1.29 is 20.4 Å². The first-order valence-electron chi connectivity index (χ1n) is 8.26. The third-order valence-electron chi connectivity index (χ3n) is 3.13. The van der Waals surface area contributed by atoms with Crippen LogP contribution in [0.3, 0.4) is 0 Å². The highest BCUT2D eigenvalue weighted by molar-refractivity contribution is 4.44. The number of hydrogen-bond donors (Lipinski definition) is 4. The van der Waals surface area contributed by atoms with Crippen LogP contribution in [0.2, 0.25) is 0 Å². The summed E-state index contributed by atoms with van der Waals surface area (Å²) in [5.41, 5.74) is 0. The van der Waals surface area contributed by atoms with Crippen LogP contribution in [0.4, 0.5) is 0 Å². The minimum absolute atomic E-state index is 0.531. The molecule has 0 radical (unpaired) electrons. The predicted octanol–water partition coefficient (Wildman–Crippen LogP) is 3.32. The highest BCUT2D eigenvalue weighted by Gasteiger charge is 1.96. The smallest absolute Gasteiger partial charge is 0.151 e. The molecule has 0 atom stereocenters. The molecule has 0 saturated carbocycles. The van der Waals surface area contributed by atoms with Crippen LogP contribution in [-0.4, -0.2) is 33.0 Å². The minimum atomic E-state index is -1.10. The average Bonchev–Trinajstić information content (AvgIpc) is 2.38. The summed E-state index contributed by atoms with van der Waals surface area (Å²) in [6.45, 7) is 4.34. The molecule has 4 heteroatoms. The van der Waals surface area contributed by atoms with E-state index in [9.17, 15) is 0 Å². The van der Waals surface area contributed by atoms with E-state index in [-0.39, 0.29) is 0 Å². The molecule has 4 N–H and O–H groups in total. The largest absolute Gasteiger partial charge is 0.368 e. The fourth-order valence-corrected chi connectivity index (χ4v) is 1.86. The van der Waals surface area contributed by atoms with Gasteiger partial charge in [0.15, 0.2) is 12.6 Å². The van der Waals surface area contributed by atoms with Gasteiger partial charge in [-0.2, -0.15) is 0 Å². The standard InChI is InChI=1S/2C8H18O2/c2*1-2-3-4-5-6-7-8(9)10/h2*8-10H,2-7H2,1H3. The van der Waals surface area contributed by atoms with Crippen molar-refractivity contribution in [1.82, 2.24) is 0 Å². The summed E-state index contributed by atoms with van der Waals surface area (Å²) in [5.74, 6) is 0. The second kappa shape index (κ2) is 18.8. The lowest BCUT2D eigenvalue weighted by Gasteiger charge is -2.01. The number of unbranched alkanes of at least 4 members (excludes halogenated alkanes) is 8. The maximum absolute atomic E-state index is 8.46. The summed E-state index contributed by atoms with van der Waals surface area (Å²) in [6.07, 6.45) is 10.5. The quantitative estimate of drug-likeness (QED) is 0.328. The molecule has 0 aliphatic carbocycles. The molecule has 124 valence electrons. The summed E-state index contributed by atoms with van der Waals surface area (Å²) in [4.78, 5) is 0. The van der Waals surface area contributed by atoms with Gasteiger partial charge in [0.2, 0.25) is 0 Å². The van der Waals surface area contributed by atoms with Crippen molar-refractivity contribution in [3.63, 3.8) is 0 Å². The summed E-state index contributed by atoms with van der Waals surface area (Å²) in [5, 5.41) is 33.9. The van der Waals surface area contributed by atoms with Crippen LogP contribution in [0.15, 0.2) is 0 Å². The molecule has 0 aliphatic rings. The number of aliphatic hydroxyl groups is 4. The Morgan fingerprint density at radius 1 is 0.500 bits per heavy atom. The van der Waals surface area contributed by atoms with Crippen LogP contribution >= 0.6 is 0 Å². The van der Waals surface area contributed by atoms with Crippen molar-refractivity contribution >= 4 is 0 Å². The summed E-state index contributed by atoms with van der Waals surface area (Å²) in [6, 6.07) is 0. The number of rotatable bonds is 12. The van der Waals surface area contributed by atoms with Crippen molar-refractivity contribution in [3.8, 4) is 0 Å². The molecular formula is C16H36O4. The van der Waals surface area contributed by atoms with Crippen LogP contribution in [0, 0.1) is 0 Å². The molecule has 0 spiro atoms. The summed E-state index contributed by atoms with van der Waals surface area (Å²) in [7, 11) is 0. The van der Waals surface area contributed by atoms with E-state index in [0.717, 1.165) is 25.7 Å². The Labute approximate surface area is 124 Å². The third-order valence-corrected chi connectivity index (χ3v) is 3.13. The zero-order chi connectivity index (χ0) is 15.6. The maximum atomic E-state index is 8.46. The molecule has 0 heterocycles. The Hall–Kier alpha value is -0.160. The molecule has 0 saturated heterocycles. The van der Waals surface area contributed by atoms with E-state index in [0.29, 0.717) is 12.8 Å². The SMILES string of the molecule is CCCCCCCC(O)O.CCCCCCCC(O)O. The van der Waals surface area contributed by atoms with Gasteiger partial charge < -0.3 is 20.4 Å². The van der Waals surface area contributed by atoms with Gasteiger partial charge in [-0.25, -0.2) is 0 Å². The first-order valence-corrected chi connectivity index (χ1v) is 8.26. The number of aliphatic hydroxyl groups excluding tert-OH is 2. The Morgan fingerprint density at radius 3 is 1.05 bits per heavy atom. The molecule has 0 bridgehead atoms. The van der Waals surface area contributed by atoms with E-state index >= 15 is 0 Å². The van der Waals surface area contributed by atoms with Crippen LogP contribution in [0.1, 0.15) is 90.9 Å². The van der Waals surface area contributed by atoms with E-state index < -0.39 is 12.6 Å². The minimum Gasteiger partial charge on any atom is -0.368 e. The van der Waals surface area contributed by atoms with Crippen molar-refractivity contribution in [2.24, 2.45) is 0 Å². The van der Waals surface area contributed by atoms with E-state index in [2.05, 4.69) is 13.8 Å². The maximum Gasteiger partial charge on any atom is 0.151 e. The molecule has 0 unspecified atom stereocenters. The highest BCUT2D eigenvalue weighted by Crippen LogP contribution is 2.06. The molecule has 0 fully saturated rings. The molecule has 0 amide bonds. The van der Waals surface area contributed by atoms with Crippen molar-refractivity contribution in [1.29, 1.82) is 0 Å². The van der Waals surface area contributed by atoms with Gasteiger partial charge in [-0.15, -0.1) is 0 Å². The second-order valence-electron chi connectivity index (χ2n) is 5.37. The summed E-state index contributed by atoms with van der Waals surface area (Å²) >= 11 is 0. The molecule has 4 nitrogen and oxygen atoms in total. The lowest BCUT2D eigenvalue weighted by molar-refractivity contribution is -0.0472. The zero-order valence-corrected chi connectivity index (χ0v) is 13.4. The number of hydrogen-bond acceptors (Lipinski definition) is 4. The van der Waals surface area contributed by atoms with Crippen LogP contribution in [0.5, 0.6) is 0 Å². The van der Waals surface area contributed by atoms with Crippen molar-refractivity contribution in [2.75, 3.05) is 0 Å². The second-order valence-corrected chi connectivity index (χ2v) is 5.37. The van der Waals surface area contributed by atoms with Gasteiger partial charge in [0, 0.05) is 0 Å². The normalized spacial score (nSPS) is 10.8. The zero-order valence-electron chi connectivity index (χ0n) is 13.4. The topological polar surface area (TPSA) is 80.9 Å². The van der Waals surface area contributed by atoms with Gasteiger partial charge in [0.25, 0.3) is 0 Å². The highest BCUT2D eigenvalue weighted by atomic mass is 16.5. The van der Waals surface area contributed by atoms with Crippen LogP contribution in [-0.2, 0) is 0 Å².